The zero-order valence-corrected chi connectivity index (χ0v) is 11.9. The van der Waals surface area contributed by atoms with Crippen LogP contribution in [-0.4, -0.2) is 58.1 Å². The summed E-state index contributed by atoms with van der Waals surface area (Å²) in [6.45, 7) is 4.90. The van der Waals surface area contributed by atoms with Gasteiger partial charge in [0.2, 0.25) is 0 Å². The Morgan fingerprint density at radius 1 is 1.55 bits per heavy atom. The number of ether oxygens (including phenoxy) is 1. The van der Waals surface area contributed by atoms with E-state index in [1.165, 1.54) is 0 Å². The molecule has 1 aliphatic heterocycles. The summed E-state index contributed by atoms with van der Waals surface area (Å²) >= 11 is 0. The zero-order valence-electron chi connectivity index (χ0n) is 11.9. The second-order valence-corrected chi connectivity index (χ2v) is 5.23. The zero-order chi connectivity index (χ0) is 14.4. The van der Waals surface area contributed by atoms with Gasteiger partial charge in [0, 0.05) is 25.5 Å². The van der Waals surface area contributed by atoms with E-state index in [1.54, 1.807) is 10.9 Å². The Kier molecular flexibility index (Phi) is 5.55. The van der Waals surface area contributed by atoms with Crippen molar-refractivity contribution in [3.8, 4) is 0 Å². The number of carbonyl (C=O) groups is 1. The van der Waals surface area contributed by atoms with Gasteiger partial charge in [-0.25, -0.2) is 0 Å². The fraction of sp³-hybridized carbons (Fsp3) is 0.714. The molecule has 2 atom stereocenters. The Bertz CT molecular complexity index is 408. The van der Waals surface area contributed by atoms with Crippen molar-refractivity contribution in [2.45, 2.75) is 32.4 Å². The van der Waals surface area contributed by atoms with Crippen LogP contribution >= 0.6 is 0 Å². The first kappa shape index (κ1) is 15.0. The van der Waals surface area contributed by atoms with E-state index in [2.05, 4.69) is 10.00 Å². The molecule has 2 rings (SSSR count). The predicted octanol–water partition coefficient (Wildman–Crippen LogP) is 0.519. The van der Waals surface area contributed by atoms with Crippen molar-refractivity contribution in [2.75, 3.05) is 26.2 Å². The number of piperidine rings is 1. The maximum Gasteiger partial charge on any atom is 0.310 e. The van der Waals surface area contributed by atoms with Crippen molar-refractivity contribution in [3.63, 3.8) is 0 Å². The molecule has 1 saturated heterocycles. The molecule has 0 aliphatic carbocycles. The third kappa shape index (κ3) is 4.31. The number of β-amino-alcohol motifs (C(OH)–C–C–N with tert-alkyl or cyclic N) is 1. The first-order chi connectivity index (χ1) is 9.69. The van der Waals surface area contributed by atoms with Crippen LogP contribution in [0.15, 0.2) is 18.5 Å². The van der Waals surface area contributed by atoms with Crippen molar-refractivity contribution in [3.05, 3.63) is 18.5 Å². The number of rotatable bonds is 6. The minimum atomic E-state index is -0.476. The number of hydrogen-bond acceptors (Lipinski definition) is 5. The van der Waals surface area contributed by atoms with Gasteiger partial charge in [0.25, 0.3) is 0 Å². The first-order valence-electron chi connectivity index (χ1n) is 7.23. The third-order valence-corrected chi connectivity index (χ3v) is 3.55. The van der Waals surface area contributed by atoms with Crippen molar-refractivity contribution >= 4 is 5.97 Å². The molecule has 0 bridgehead atoms. The molecule has 0 saturated carbocycles. The van der Waals surface area contributed by atoms with Crippen LogP contribution in [0.1, 0.15) is 19.8 Å². The molecule has 2 heterocycles. The lowest BCUT2D eigenvalue weighted by Gasteiger charge is -2.32. The maximum atomic E-state index is 11.8. The molecule has 0 spiro atoms. The van der Waals surface area contributed by atoms with Gasteiger partial charge in [0.15, 0.2) is 0 Å². The van der Waals surface area contributed by atoms with E-state index < -0.39 is 6.10 Å². The Hall–Kier alpha value is -1.40. The second-order valence-electron chi connectivity index (χ2n) is 5.23. The molecule has 1 aliphatic rings. The average Bonchev–Trinajstić information content (AvgIpc) is 2.92. The van der Waals surface area contributed by atoms with Gasteiger partial charge in [0.05, 0.1) is 25.2 Å². The van der Waals surface area contributed by atoms with Crippen LogP contribution in [0.2, 0.25) is 0 Å². The topological polar surface area (TPSA) is 67.6 Å². The molecule has 6 nitrogen and oxygen atoms in total. The van der Waals surface area contributed by atoms with E-state index in [0.717, 1.165) is 19.4 Å². The van der Waals surface area contributed by atoms with E-state index in [-0.39, 0.29) is 11.9 Å². The normalized spacial score (nSPS) is 21.6. The maximum absolute atomic E-state index is 11.8. The molecule has 1 aromatic heterocycles. The lowest BCUT2D eigenvalue weighted by Crippen LogP contribution is -2.43. The van der Waals surface area contributed by atoms with Crippen molar-refractivity contribution in [1.29, 1.82) is 0 Å². The minimum Gasteiger partial charge on any atom is -0.466 e. The summed E-state index contributed by atoms with van der Waals surface area (Å²) < 4.78 is 6.80. The molecule has 1 aromatic rings. The van der Waals surface area contributed by atoms with Crippen LogP contribution in [0.5, 0.6) is 0 Å². The molecule has 0 amide bonds. The quantitative estimate of drug-likeness (QED) is 0.770. The molecule has 20 heavy (non-hydrogen) atoms. The van der Waals surface area contributed by atoms with Gasteiger partial charge >= 0.3 is 5.97 Å². The van der Waals surface area contributed by atoms with E-state index in [4.69, 9.17) is 4.74 Å². The molecule has 112 valence electrons. The summed E-state index contributed by atoms with van der Waals surface area (Å²) in [7, 11) is 0. The largest absolute Gasteiger partial charge is 0.466 e. The van der Waals surface area contributed by atoms with Crippen LogP contribution < -0.4 is 0 Å². The van der Waals surface area contributed by atoms with Crippen molar-refractivity contribution in [1.82, 2.24) is 14.7 Å². The number of nitrogens with zero attached hydrogens (tertiary/aromatic N) is 3. The second kappa shape index (κ2) is 7.40. The van der Waals surface area contributed by atoms with Gasteiger partial charge in [-0.1, -0.05) is 0 Å². The van der Waals surface area contributed by atoms with Crippen LogP contribution in [0.25, 0.3) is 0 Å². The SMILES string of the molecule is CCOC(=O)[C@H]1CCCN(C[C@H](O)Cn2cccn2)C1. The lowest BCUT2D eigenvalue weighted by molar-refractivity contribution is -0.150. The summed E-state index contributed by atoms with van der Waals surface area (Å²) in [6.07, 6.45) is 4.91. The highest BCUT2D eigenvalue weighted by Gasteiger charge is 2.27. The first-order valence-corrected chi connectivity index (χ1v) is 7.23. The van der Waals surface area contributed by atoms with Crippen molar-refractivity contribution in [2.24, 2.45) is 5.92 Å². The fourth-order valence-corrected chi connectivity index (χ4v) is 2.65. The predicted molar refractivity (Wildman–Crippen MR) is 74.0 cm³/mol. The lowest BCUT2D eigenvalue weighted by atomic mass is 9.98. The van der Waals surface area contributed by atoms with E-state index in [1.807, 2.05) is 19.2 Å². The number of hydrogen-bond donors (Lipinski definition) is 1. The summed E-state index contributed by atoms with van der Waals surface area (Å²) in [5, 5.41) is 14.2. The number of aliphatic hydroxyl groups excluding tert-OH is 1. The monoisotopic (exact) mass is 281 g/mol. The Morgan fingerprint density at radius 2 is 2.40 bits per heavy atom. The van der Waals surface area contributed by atoms with Gasteiger partial charge in [-0.05, 0) is 32.4 Å². The summed E-state index contributed by atoms with van der Waals surface area (Å²) in [5.74, 6) is -0.167. The number of esters is 1. The van der Waals surface area contributed by atoms with Gasteiger partial charge in [0.1, 0.15) is 0 Å². The van der Waals surface area contributed by atoms with Crippen LogP contribution in [0.3, 0.4) is 0 Å². The molecular weight excluding hydrogens is 258 g/mol. The highest BCUT2D eigenvalue weighted by atomic mass is 16.5. The summed E-state index contributed by atoms with van der Waals surface area (Å²) in [6, 6.07) is 1.84. The van der Waals surface area contributed by atoms with E-state index in [9.17, 15) is 9.90 Å². The third-order valence-electron chi connectivity index (χ3n) is 3.55. The molecule has 1 fully saturated rings. The highest BCUT2D eigenvalue weighted by Crippen LogP contribution is 2.18. The van der Waals surface area contributed by atoms with E-state index >= 15 is 0 Å². The Balaban J connectivity index is 1.78. The van der Waals surface area contributed by atoms with Gasteiger partial charge in [-0.2, -0.15) is 5.10 Å². The highest BCUT2D eigenvalue weighted by molar-refractivity contribution is 5.72. The molecule has 0 unspecified atom stereocenters. The fourth-order valence-electron chi connectivity index (χ4n) is 2.65. The van der Waals surface area contributed by atoms with Gasteiger partial charge in [-0.3, -0.25) is 14.4 Å². The van der Waals surface area contributed by atoms with Crippen LogP contribution in [-0.2, 0) is 16.1 Å². The smallest absolute Gasteiger partial charge is 0.310 e. The molecule has 1 N–H and O–H groups in total. The average molecular weight is 281 g/mol. The number of aromatic nitrogens is 2. The van der Waals surface area contributed by atoms with Crippen LogP contribution in [0.4, 0.5) is 0 Å². The number of carbonyl (C=O) groups excluding carboxylic acids is 1. The Morgan fingerprint density at radius 3 is 3.10 bits per heavy atom. The summed E-state index contributed by atoms with van der Waals surface area (Å²) in [5.41, 5.74) is 0. The van der Waals surface area contributed by atoms with Gasteiger partial charge < -0.3 is 9.84 Å². The molecule has 6 heteroatoms. The molecular formula is C14H23N3O3. The van der Waals surface area contributed by atoms with E-state index in [0.29, 0.717) is 26.2 Å². The molecule has 0 aromatic carbocycles. The minimum absolute atomic E-state index is 0.0550. The van der Waals surface area contributed by atoms with Crippen molar-refractivity contribution < 1.29 is 14.6 Å². The van der Waals surface area contributed by atoms with Gasteiger partial charge in [-0.15, -0.1) is 0 Å². The Labute approximate surface area is 119 Å². The number of aliphatic hydroxyl groups is 1. The van der Waals surface area contributed by atoms with Crippen LogP contribution in [0, 0.1) is 5.92 Å². The standard InChI is InChI=1S/C14H23N3O3/c1-2-20-14(19)12-5-3-7-16(9-12)10-13(18)11-17-8-4-6-15-17/h4,6,8,12-13,18H,2-3,5,7,9-11H2,1H3/t12-,13-/m0/s1. The summed E-state index contributed by atoms with van der Waals surface area (Å²) in [4.78, 5) is 13.9. The molecule has 0 radical (unpaired) electrons. The number of likely N-dealkylation sites (tertiary alicyclic amines) is 1.